The van der Waals surface area contributed by atoms with E-state index in [2.05, 4.69) is 5.32 Å². The number of carbonyl (C=O) groups excluding carboxylic acids is 1. The van der Waals surface area contributed by atoms with Crippen LogP contribution in [0.5, 0.6) is 0 Å². The van der Waals surface area contributed by atoms with E-state index in [1.807, 2.05) is 0 Å². The molecule has 4 nitrogen and oxygen atoms in total. The molecule has 2 atom stereocenters. The number of Topliss-reactive ketones (excluding diaryl/α,β-unsaturated/α-hetero) is 1. The number of rotatable bonds is 3. The Kier molecular flexibility index (Phi) is 3.19. The van der Waals surface area contributed by atoms with Gasteiger partial charge in [-0.1, -0.05) is 0 Å². The van der Waals surface area contributed by atoms with Gasteiger partial charge in [0, 0.05) is 32.0 Å². The molecule has 0 aromatic heterocycles. The van der Waals surface area contributed by atoms with Crippen LogP contribution in [0, 0.1) is 11.8 Å². The molecule has 0 aromatic carbocycles. The van der Waals surface area contributed by atoms with Gasteiger partial charge in [0.1, 0.15) is 5.78 Å². The summed E-state index contributed by atoms with van der Waals surface area (Å²) >= 11 is 0. The number of ether oxygens (including phenoxy) is 2. The highest BCUT2D eigenvalue weighted by atomic mass is 16.6. The fourth-order valence-corrected chi connectivity index (χ4v) is 3.11. The molecule has 0 radical (unpaired) electrons. The van der Waals surface area contributed by atoms with Crippen molar-refractivity contribution in [3.63, 3.8) is 0 Å². The lowest BCUT2D eigenvalue weighted by atomic mass is 9.80. The average Bonchev–Trinajstić information content (AvgIpc) is 2.71. The molecule has 1 N–H and O–H groups in total. The topological polar surface area (TPSA) is 47.6 Å². The fourth-order valence-electron chi connectivity index (χ4n) is 3.11. The zero-order valence-corrected chi connectivity index (χ0v) is 10.2. The van der Waals surface area contributed by atoms with Gasteiger partial charge in [0.2, 0.25) is 0 Å². The van der Waals surface area contributed by atoms with Crippen molar-refractivity contribution in [1.29, 1.82) is 0 Å². The fraction of sp³-hybridized carbons (Fsp3) is 0.923. The van der Waals surface area contributed by atoms with E-state index >= 15 is 0 Å². The van der Waals surface area contributed by atoms with Crippen molar-refractivity contribution in [3.05, 3.63) is 0 Å². The van der Waals surface area contributed by atoms with Crippen LogP contribution in [0.3, 0.4) is 0 Å². The molecule has 2 unspecified atom stereocenters. The smallest absolute Gasteiger partial charge is 0.136 e. The zero-order chi connectivity index (χ0) is 11.7. The SMILES string of the molecule is O=C(CC1CNC1)C1CCOC2(CCOC2)C1. The molecular weight excluding hydrogens is 218 g/mol. The molecule has 17 heavy (non-hydrogen) atoms. The maximum atomic E-state index is 12.2. The van der Waals surface area contributed by atoms with Crippen LogP contribution in [0.15, 0.2) is 0 Å². The monoisotopic (exact) mass is 239 g/mol. The predicted octanol–water partition coefficient (Wildman–Crippen LogP) is 0.751. The van der Waals surface area contributed by atoms with Crippen molar-refractivity contribution in [2.45, 2.75) is 31.3 Å². The third-order valence-electron chi connectivity index (χ3n) is 4.37. The van der Waals surface area contributed by atoms with Crippen molar-refractivity contribution in [2.24, 2.45) is 11.8 Å². The maximum Gasteiger partial charge on any atom is 0.136 e. The molecule has 0 saturated carbocycles. The second kappa shape index (κ2) is 4.67. The third kappa shape index (κ3) is 2.39. The quantitative estimate of drug-likeness (QED) is 0.789. The Morgan fingerprint density at radius 1 is 1.35 bits per heavy atom. The Labute approximate surface area is 102 Å². The van der Waals surface area contributed by atoms with Crippen molar-refractivity contribution in [2.75, 3.05) is 32.9 Å². The van der Waals surface area contributed by atoms with E-state index in [0.717, 1.165) is 52.0 Å². The first-order valence-electron chi connectivity index (χ1n) is 6.73. The second-order valence-electron chi connectivity index (χ2n) is 5.72. The standard InChI is InChI=1S/C13H21NO3/c15-12(5-10-7-14-8-10)11-1-3-17-13(6-11)2-4-16-9-13/h10-11,14H,1-9H2. The van der Waals surface area contributed by atoms with Crippen LogP contribution in [-0.4, -0.2) is 44.3 Å². The summed E-state index contributed by atoms with van der Waals surface area (Å²) in [5.74, 6) is 1.25. The molecule has 0 bridgehead atoms. The third-order valence-corrected chi connectivity index (χ3v) is 4.37. The largest absolute Gasteiger partial charge is 0.378 e. The van der Waals surface area contributed by atoms with Crippen molar-refractivity contribution < 1.29 is 14.3 Å². The van der Waals surface area contributed by atoms with Gasteiger partial charge in [0.15, 0.2) is 0 Å². The minimum Gasteiger partial charge on any atom is -0.378 e. The van der Waals surface area contributed by atoms with Crippen molar-refractivity contribution in [3.8, 4) is 0 Å². The molecule has 3 rings (SSSR count). The number of hydrogen-bond acceptors (Lipinski definition) is 4. The van der Waals surface area contributed by atoms with E-state index in [9.17, 15) is 4.79 Å². The summed E-state index contributed by atoms with van der Waals surface area (Å²) in [5, 5.41) is 3.22. The Balaban J connectivity index is 1.56. The number of carbonyl (C=O) groups is 1. The van der Waals surface area contributed by atoms with Crippen LogP contribution in [0.1, 0.15) is 25.7 Å². The van der Waals surface area contributed by atoms with E-state index in [-0.39, 0.29) is 11.5 Å². The molecule has 4 heteroatoms. The lowest BCUT2D eigenvalue weighted by Crippen LogP contribution is -2.46. The highest BCUT2D eigenvalue weighted by Gasteiger charge is 2.43. The lowest BCUT2D eigenvalue weighted by Gasteiger charge is -2.37. The summed E-state index contributed by atoms with van der Waals surface area (Å²) in [6.45, 7) is 4.23. The lowest BCUT2D eigenvalue weighted by molar-refractivity contribution is -0.138. The van der Waals surface area contributed by atoms with Crippen LogP contribution in [0.25, 0.3) is 0 Å². The van der Waals surface area contributed by atoms with Crippen LogP contribution in [-0.2, 0) is 14.3 Å². The first-order chi connectivity index (χ1) is 8.27. The van der Waals surface area contributed by atoms with E-state index < -0.39 is 0 Å². The first kappa shape index (κ1) is 11.6. The molecule has 3 heterocycles. The maximum absolute atomic E-state index is 12.2. The van der Waals surface area contributed by atoms with E-state index in [1.54, 1.807) is 0 Å². The number of hydrogen-bond donors (Lipinski definition) is 1. The Morgan fingerprint density at radius 3 is 2.88 bits per heavy atom. The minimum atomic E-state index is -0.129. The van der Waals surface area contributed by atoms with Crippen molar-refractivity contribution >= 4 is 5.78 Å². The normalized spacial score (nSPS) is 38.2. The first-order valence-corrected chi connectivity index (χ1v) is 6.73. The molecule has 3 saturated heterocycles. The Morgan fingerprint density at radius 2 is 2.24 bits per heavy atom. The Hall–Kier alpha value is -0.450. The summed E-state index contributed by atoms with van der Waals surface area (Å²) in [7, 11) is 0. The summed E-state index contributed by atoms with van der Waals surface area (Å²) in [6.07, 6.45) is 3.50. The molecule has 3 aliphatic heterocycles. The van der Waals surface area contributed by atoms with Gasteiger partial charge >= 0.3 is 0 Å². The van der Waals surface area contributed by atoms with Crippen LogP contribution < -0.4 is 5.32 Å². The summed E-state index contributed by atoms with van der Waals surface area (Å²) in [4.78, 5) is 12.2. The predicted molar refractivity (Wildman–Crippen MR) is 62.8 cm³/mol. The van der Waals surface area contributed by atoms with E-state index in [1.165, 1.54) is 0 Å². The second-order valence-corrected chi connectivity index (χ2v) is 5.72. The van der Waals surface area contributed by atoms with Gasteiger partial charge in [-0.3, -0.25) is 4.79 Å². The summed E-state index contributed by atoms with van der Waals surface area (Å²) < 4.78 is 11.3. The molecule has 0 aliphatic carbocycles. The van der Waals surface area contributed by atoms with Crippen LogP contribution in [0.4, 0.5) is 0 Å². The van der Waals surface area contributed by atoms with Gasteiger partial charge in [-0.05, 0) is 31.8 Å². The highest BCUT2D eigenvalue weighted by molar-refractivity contribution is 5.81. The summed E-state index contributed by atoms with van der Waals surface area (Å²) in [6, 6.07) is 0. The molecule has 3 aliphatic rings. The van der Waals surface area contributed by atoms with Gasteiger partial charge < -0.3 is 14.8 Å². The van der Waals surface area contributed by atoms with E-state index in [4.69, 9.17) is 9.47 Å². The number of nitrogens with one attached hydrogen (secondary N) is 1. The highest BCUT2D eigenvalue weighted by Crippen LogP contribution is 2.36. The minimum absolute atomic E-state index is 0.129. The van der Waals surface area contributed by atoms with Crippen LogP contribution in [0.2, 0.25) is 0 Å². The van der Waals surface area contributed by atoms with Gasteiger partial charge in [0.25, 0.3) is 0 Å². The Bertz CT molecular complexity index is 295. The number of ketones is 1. The van der Waals surface area contributed by atoms with Gasteiger partial charge in [0.05, 0.1) is 12.2 Å². The van der Waals surface area contributed by atoms with Crippen molar-refractivity contribution in [1.82, 2.24) is 5.32 Å². The van der Waals surface area contributed by atoms with Gasteiger partial charge in [-0.15, -0.1) is 0 Å². The van der Waals surface area contributed by atoms with Gasteiger partial charge in [-0.25, -0.2) is 0 Å². The van der Waals surface area contributed by atoms with E-state index in [0.29, 0.717) is 18.3 Å². The van der Waals surface area contributed by atoms with Crippen LogP contribution >= 0.6 is 0 Å². The average molecular weight is 239 g/mol. The molecule has 96 valence electrons. The molecule has 0 amide bonds. The molecule has 0 aromatic rings. The van der Waals surface area contributed by atoms with Gasteiger partial charge in [-0.2, -0.15) is 0 Å². The summed E-state index contributed by atoms with van der Waals surface area (Å²) in [5.41, 5.74) is -0.129. The molecule has 1 spiro atoms. The zero-order valence-electron chi connectivity index (χ0n) is 10.2. The molecule has 3 fully saturated rings. The molecular formula is C13H21NO3.